The molecular weight excluding hydrogens is 283 g/mol. The summed E-state index contributed by atoms with van der Waals surface area (Å²) in [5.74, 6) is -0.784. The second kappa shape index (κ2) is 4.54. The van der Waals surface area contributed by atoms with E-state index < -0.39 is 15.8 Å². The normalized spacial score (nSPS) is 11.5. The molecule has 9 heteroatoms. The Labute approximate surface area is 107 Å². The van der Waals surface area contributed by atoms with Gasteiger partial charge in [-0.15, -0.1) is 0 Å². The molecule has 0 aliphatic heterocycles. The van der Waals surface area contributed by atoms with Gasteiger partial charge in [0.2, 0.25) is 5.03 Å². The highest BCUT2D eigenvalue weighted by atomic mass is 35.5. The molecule has 2 rings (SSSR count). The van der Waals surface area contributed by atoms with Gasteiger partial charge in [-0.2, -0.15) is 8.42 Å². The Hall–Kier alpha value is -1.67. The van der Waals surface area contributed by atoms with Crippen LogP contribution in [0.2, 0.25) is 5.15 Å². The summed E-state index contributed by atoms with van der Waals surface area (Å²) in [6.45, 7) is 0. The zero-order chi connectivity index (χ0) is 13.3. The van der Waals surface area contributed by atoms with Gasteiger partial charge in [0.25, 0.3) is 10.0 Å². The monoisotopic (exact) mass is 290 g/mol. The predicted molar refractivity (Wildman–Crippen MR) is 63.2 cm³/mol. The number of hydrogen-bond acceptors (Lipinski definition) is 4. The Balaban J connectivity index is 2.40. The van der Waals surface area contributed by atoms with Crippen molar-refractivity contribution in [3.63, 3.8) is 0 Å². The Bertz CT molecular complexity index is 686. The van der Waals surface area contributed by atoms with E-state index in [0.29, 0.717) is 0 Å². The van der Waals surface area contributed by atoms with E-state index in [1.54, 1.807) is 7.05 Å². The summed E-state index contributed by atoms with van der Waals surface area (Å²) in [6.07, 6.45) is 3.42. The molecule has 0 fully saturated rings. The number of sulfonamides is 1. The first-order valence-corrected chi connectivity index (χ1v) is 6.57. The fourth-order valence-electron chi connectivity index (χ4n) is 1.23. The van der Waals surface area contributed by atoms with Crippen molar-refractivity contribution in [1.82, 2.24) is 14.5 Å². The van der Waals surface area contributed by atoms with E-state index in [9.17, 15) is 12.8 Å². The van der Waals surface area contributed by atoms with E-state index in [1.807, 2.05) is 0 Å². The first-order valence-electron chi connectivity index (χ1n) is 4.71. The lowest BCUT2D eigenvalue weighted by Gasteiger charge is -2.06. The highest BCUT2D eigenvalue weighted by Gasteiger charge is 2.23. The van der Waals surface area contributed by atoms with E-state index in [4.69, 9.17) is 11.6 Å². The molecule has 0 bridgehead atoms. The van der Waals surface area contributed by atoms with E-state index in [2.05, 4.69) is 14.7 Å². The van der Waals surface area contributed by atoms with Crippen molar-refractivity contribution in [3.8, 4) is 0 Å². The predicted octanol–water partition coefficient (Wildman–Crippen LogP) is 1.41. The zero-order valence-corrected chi connectivity index (χ0v) is 10.7. The number of pyridine rings is 1. The fraction of sp³-hybridized carbons (Fsp3) is 0.111. The topological polar surface area (TPSA) is 76.9 Å². The second-order valence-corrected chi connectivity index (χ2v) is 5.37. The number of nitrogens with one attached hydrogen (secondary N) is 1. The molecule has 2 aromatic heterocycles. The van der Waals surface area contributed by atoms with E-state index >= 15 is 0 Å². The van der Waals surface area contributed by atoms with Crippen molar-refractivity contribution in [2.24, 2.45) is 7.05 Å². The summed E-state index contributed by atoms with van der Waals surface area (Å²) in [4.78, 5) is 7.17. The summed E-state index contributed by atoms with van der Waals surface area (Å²) in [7, 11) is -2.48. The van der Waals surface area contributed by atoms with Gasteiger partial charge >= 0.3 is 0 Å². The molecule has 0 aliphatic rings. The summed E-state index contributed by atoms with van der Waals surface area (Å²) >= 11 is 5.77. The minimum absolute atomic E-state index is 0.0584. The van der Waals surface area contributed by atoms with E-state index in [-0.39, 0.29) is 15.9 Å². The molecule has 0 aliphatic carbocycles. The third-order valence-electron chi connectivity index (χ3n) is 2.11. The van der Waals surface area contributed by atoms with Crippen molar-refractivity contribution in [3.05, 3.63) is 35.8 Å². The van der Waals surface area contributed by atoms with Crippen molar-refractivity contribution < 1.29 is 12.8 Å². The van der Waals surface area contributed by atoms with Crippen LogP contribution in [-0.2, 0) is 17.1 Å². The SMILES string of the molecule is Cn1cnc(S(=O)(=O)Nc2ccncc2F)c1Cl. The number of rotatable bonds is 3. The summed E-state index contributed by atoms with van der Waals surface area (Å²) < 4.78 is 40.5. The molecule has 2 heterocycles. The largest absolute Gasteiger partial charge is 0.324 e. The van der Waals surface area contributed by atoms with Crippen LogP contribution >= 0.6 is 11.6 Å². The van der Waals surface area contributed by atoms with Gasteiger partial charge in [-0.05, 0) is 6.07 Å². The summed E-state index contributed by atoms with van der Waals surface area (Å²) in [6, 6.07) is 1.20. The Kier molecular flexibility index (Phi) is 3.22. The zero-order valence-electron chi connectivity index (χ0n) is 9.13. The third kappa shape index (κ3) is 2.29. The average molecular weight is 291 g/mol. The smallest absolute Gasteiger partial charge is 0.282 e. The maximum absolute atomic E-state index is 13.3. The molecule has 0 unspecified atom stereocenters. The minimum atomic E-state index is -4.03. The number of anilines is 1. The molecule has 0 saturated carbocycles. The molecule has 0 aromatic carbocycles. The van der Waals surface area contributed by atoms with Crippen LogP contribution in [0.1, 0.15) is 0 Å². The number of halogens is 2. The highest BCUT2D eigenvalue weighted by Crippen LogP contribution is 2.22. The lowest BCUT2D eigenvalue weighted by molar-refractivity contribution is 0.595. The van der Waals surface area contributed by atoms with Crippen LogP contribution in [0.15, 0.2) is 29.8 Å². The van der Waals surface area contributed by atoms with Crippen LogP contribution in [0.4, 0.5) is 10.1 Å². The van der Waals surface area contributed by atoms with Gasteiger partial charge < -0.3 is 4.57 Å². The second-order valence-electron chi connectivity index (χ2n) is 3.41. The summed E-state index contributed by atoms with van der Waals surface area (Å²) in [5, 5.41) is -0.417. The molecule has 2 aromatic rings. The average Bonchev–Trinajstić information content (AvgIpc) is 2.63. The van der Waals surface area contributed by atoms with Gasteiger partial charge in [-0.3, -0.25) is 9.71 Å². The van der Waals surface area contributed by atoms with Crippen LogP contribution in [0.25, 0.3) is 0 Å². The molecule has 1 N–H and O–H groups in total. The maximum Gasteiger partial charge on any atom is 0.282 e. The van der Waals surface area contributed by atoms with Crippen LogP contribution in [0.5, 0.6) is 0 Å². The van der Waals surface area contributed by atoms with Gasteiger partial charge in [0.1, 0.15) is 5.15 Å². The van der Waals surface area contributed by atoms with Gasteiger partial charge in [0.15, 0.2) is 5.82 Å². The van der Waals surface area contributed by atoms with E-state index in [0.717, 1.165) is 6.20 Å². The van der Waals surface area contributed by atoms with Gasteiger partial charge in [-0.1, -0.05) is 11.6 Å². The van der Waals surface area contributed by atoms with Crippen LogP contribution in [-0.4, -0.2) is 23.0 Å². The Morgan fingerprint density at radius 2 is 2.22 bits per heavy atom. The van der Waals surface area contributed by atoms with Crippen LogP contribution in [0, 0.1) is 5.82 Å². The van der Waals surface area contributed by atoms with Crippen molar-refractivity contribution >= 4 is 27.3 Å². The van der Waals surface area contributed by atoms with Crippen molar-refractivity contribution in [1.29, 1.82) is 0 Å². The quantitative estimate of drug-likeness (QED) is 0.927. The Morgan fingerprint density at radius 1 is 1.50 bits per heavy atom. The number of aromatic nitrogens is 3. The molecule has 0 amide bonds. The van der Waals surface area contributed by atoms with Gasteiger partial charge in [0.05, 0.1) is 18.2 Å². The van der Waals surface area contributed by atoms with Gasteiger partial charge in [-0.25, -0.2) is 9.37 Å². The number of hydrogen-bond donors (Lipinski definition) is 1. The Morgan fingerprint density at radius 3 is 2.78 bits per heavy atom. The molecule has 96 valence electrons. The van der Waals surface area contributed by atoms with Gasteiger partial charge in [0, 0.05) is 13.2 Å². The number of imidazole rings is 1. The lowest BCUT2D eigenvalue weighted by atomic mass is 10.4. The third-order valence-corrected chi connectivity index (χ3v) is 3.96. The van der Waals surface area contributed by atoms with Crippen molar-refractivity contribution in [2.45, 2.75) is 5.03 Å². The molecular formula is C9H8ClFN4O2S. The first kappa shape index (κ1) is 12.8. The minimum Gasteiger partial charge on any atom is -0.324 e. The van der Waals surface area contributed by atoms with Crippen molar-refractivity contribution in [2.75, 3.05) is 4.72 Å². The summed E-state index contributed by atoms with van der Waals surface area (Å²) in [5.41, 5.74) is -0.216. The molecule has 0 saturated heterocycles. The fourth-order valence-corrected chi connectivity index (χ4v) is 2.73. The molecule has 6 nitrogen and oxygen atoms in total. The van der Waals surface area contributed by atoms with Crippen LogP contribution in [0.3, 0.4) is 0 Å². The molecule has 0 atom stereocenters. The molecule has 18 heavy (non-hydrogen) atoms. The molecule has 0 spiro atoms. The van der Waals surface area contributed by atoms with Crippen LogP contribution < -0.4 is 4.72 Å². The maximum atomic E-state index is 13.3. The number of aryl methyl sites for hydroxylation is 1. The first-order chi connectivity index (χ1) is 8.42. The number of nitrogens with zero attached hydrogens (tertiary/aromatic N) is 3. The lowest BCUT2D eigenvalue weighted by Crippen LogP contribution is -2.15. The molecule has 0 radical (unpaired) electrons. The van der Waals surface area contributed by atoms with E-state index in [1.165, 1.54) is 23.2 Å². The standard InChI is InChI=1S/C9H8ClFN4O2S/c1-15-5-13-9(8(15)10)18(16,17)14-7-2-3-12-4-6(7)11/h2-5H,1H3,(H,12,14). The highest BCUT2D eigenvalue weighted by molar-refractivity contribution is 7.92.